The van der Waals surface area contributed by atoms with Crippen LogP contribution in [0.5, 0.6) is 0 Å². The van der Waals surface area contributed by atoms with Gasteiger partial charge in [-0.15, -0.1) is 11.8 Å². The molecule has 25 heavy (non-hydrogen) atoms. The largest absolute Gasteiger partial charge is 0.204 e. The molecule has 0 spiro atoms. The highest BCUT2D eigenvalue weighted by Gasteiger charge is 2.14. The van der Waals surface area contributed by atoms with E-state index in [1.807, 2.05) is 0 Å². The van der Waals surface area contributed by atoms with Crippen molar-refractivity contribution in [2.45, 2.75) is 64.5 Å². The van der Waals surface area contributed by atoms with Crippen LogP contribution in [0.3, 0.4) is 0 Å². The molecule has 0 atom stereocenters. The van der Waals surface area contributed by atoms with E-state index >= 15 is 0 Å². The molecule has 0 amide bonds. The van der Waals surface area contributed by atoms with E-state index in [4.69, 9.17) is 0 Å². The van der Waals surface area contributed by atoms with Crippen LogP contribution in [0.15, 0.2) is 36.9 Å². The van der Waals surface area contributed by atoms with Gasteiger partial charge in [0.15, 0.2) is 37.9 Å². The van der Waals surface area contributed by atoms with Gasteiger partial charge in [0.25, 0.3) is 0 Å². The fraction of sp³-hybridized carbons (Fsp3) is 0.545. The molecule has 2 nitrogen and oxygen atoms in total. The molecule has 3 heteroatoms. The highest BCUT2D eigenvalue weighted by Crippen LogP contribution is 2.19. The van der Waals surface area contributed by atoms with Crippen molar-refractivity contribution in [2.24, 2.45) is 0 Å². The average molecular weight is 355 g/mol. The van der Waals surface area contributed by atoms with Crippen LogP contribution in [0.1, 0.15) is 47.9 Å². The smallest absolute Gasteiger partial charge is 0.172 e. The number of thioether (sulfide) groups is 1. The number of fused-ring (bicyclic) bond motifs is 2. The first-order valence-corrected chi connectivity index (χ1v) is 11.1. The molecule has 0 radical (unpaired) electrons. The summed E-state index contributed by atoms with van der Waals surface area (Å²) < 4.78 is 4.78. The lowest BCUT2D eigenvalue weighted by Gasteiger charge is -2.13. The lowest BCUT2D eigenvalue weighted by molar-refractivity contribution is -0.693. The monoisotopic (exact) mass is 354 g/mol. The first-order valence-electron chi connectivity index (χ1n) is 9.98. The van der Waals surface area contributed by atoms with Crippen LogP contribution in [0.2, 0.25) is 0 Å². The van der Waals surface area contributed by atoms with Crippen molar-refractivity contribution in [3.8, 4) is 0 Å². The van der Waals surface area contributed by atoms with Gasteiger partial charge in [0, 0.05) is 23.3 Å². The standard InChI is InChI=1S/C22H30N2S/c1-3-7-21-17-23(11-9-19(21)5-1)13-15-25-16-14-24-12-10-20-6-2-4-8-22(20)18-24/h9-12,17-18H,1-8,13-16H2/q+2. The minimum atomic E-state index is 1.13. The van der Waals surface area contributed by atoms with Gasteiger partial charge in [0.2, 0.25) is 0 Å². The number of rotatable bonds is 6. The zero-order chi connectivity index (χ0) is 16.9. The molecule has 2 aliphatic carbocycles. The number of nitrogens with zero attached hydrogens (tertiary/aromatic N) is 2. The summed E-state index contributed by atoms with van der Waals surface area (Å²) in [6.07, 6.45) is 19.9. The summed E-state index contributed by atoms with van der Waals surface area (Å²) in [5.74, 6) is 2.41. The molecule has 0 aliphatic heterocycles. The molecule has 0 N–H and O–H groups in total. The lowest BCUT2D eigenvalue weighted by Crippen LogP contribution is -2.37. The molecule has 0 saturated heterocycles. The summed E-state index contributed by atoms with van der Waals surface area (Å²) in [6, 6.07) is 4.70. The van der Waals surface area contributed by atoms with Crippen LogP contribution in [0, 0.1) is 0 Å². The molecule has 2 aromatic heterocycles. The summed E-state index contributed by atoms with van der Waals surface area (Å²) in [7, 11) is 0. The Bertz CT molecular complexity index is 664. The second-order valence-corrected chi connectivity index (χ2v) is 8.72. The maximum atomic E-state index is 2.40. The Morgan fingerprint density at radius 1 is 0.640 bits per heavy atom. The Labute approximate surface area is 156 Å². The van der Waals surface area contributed by atoms with E-state index in [1.165, 1.54) is 62.9 Å². The summed E-state index contributed by atoms with van der Waals surface area (Å²) >= 11 is 2.08. The second-order valence-electron chi connectivity index (χ2n) is 7.49. The minimum Gasteiger partial charge on any atom is -0.204 e. The van der Waals surface area contributed by atoms with Gasteiger partial charge in [-0.2, -0.15) is 0 Å². The predicted octanol–water partition coefficient (Wildman–Crippen LogP) is 3.45. The van der Waals surface area contributed by atoms with E-state index in [2.05, 4.69) is 57.8 Å². The number of pyridine rings is 2. The van der Waals surface area contributed by atoms with Crippen LogP contribution >= 0.6 is 11.8 Å². The molecule has 2 heterocycles. The quantitative estimate of drug-likeness (QED) is 0.570. The second kappa shape index (κ2) is 8.35. The third kappa shape index (κ3) is 4.44. The average Bonchev–Trinajstić information content (AvgIpc) is 2.67. The fourth-order valence-corrected chi connectivity index (χ4v) is 5.04. The van der Waals surface area contributed by atoms with Crippen molar-refractivity contribution in [1.82, 2.24) is 0 Å². The zero-order valence-corrected chi connectivity index (χ0v) is 16.1. The molecule has 0 unspecified atom stereocenters. The van der Waals surface area contributed by atoms with Crippen molar-refractivity contribution < 1.29 is 9.13 Å². The molecule has 132 valence electrons. The van der Waals surface area contributed by atoms with Crippen molar-refractivity contribution in [3.63, 3.8) is 0 Å². The van der Waals surface area contributed by atoms with E-state index < -0.39 is 0 Å². The molecular formula is C22H30N2S+2. The number of hydrogen-bond donors (Lipinski definition) is 0. The molecule has 0 fully saturated rings. The summed E-state index contributed by atoms with van der Waals surface area (Å²) in [5.41, 5.74) is 6.34. The van der Waals surface area contributed by atoms with E-state index in [0.717, 1.165) is 13.1 Å². The van der Waals surface area contributed by atoms with Crippen molar-refractivity contribution in [1.29, 1.82) is 0 Å². The van der Waals surface area contributed by atoms with Gasteiger partial charge < -0.3 is 0 Å². The Hall–Kier alpha value is -1.35. The van der Waals surface area contributed by atoms with Gasteiger partial charge in [0.1, 0.15) is 0 Å². The normalized spacial score (nSPS) is 16.3. The van der Waals surface area contributed by atoms with Gasteiger partial charge >= 0.3 is 0 Å². The van der Waals surface area contributed by atoms with Crippen LogP contribution in [0.4, 0.5) is 0 Å². The van der Waals surface area contributed by atoms with Crippen molar-refractivity contribution in [2.75, 3.05) is 11.5 Å². The Morgan fingerprint density at radius 2 is 1.08 bits per heavy atom. The number of hydrogen-bond acceptors (Lipinski definition) is 1. The molecular weight excluding hydrogens is 324 g/mol. The topological polar surface area (TPSA) is 7.76 Å². The molecule has 4 rings (SSSR count). The van der Waals surface area contributed by atoms with E-state index in [1.54, 1.807) is 22.3 Å². The number of aryl methyl sites for hydroxylation is 6. The maximum absolute atomic E-state index is 2.40. The highest BCUT2D eigenvalue weighted by atomic mass is 32.2. The summed E-state index contributed by atoms with van der Waals surface area (Å²) in [4.78, 5) is 0. The fourth-order valence-electron chi connectivity index (χ4n) is 4.16. The van der Waals surface area contributed by atoms with Gasteiger partial charge in [-0.25, -0.2) is 9.13 Å². The third-order valence-electron chi connectivity index (χ3n) is 5.67. The molecule has 0 aromatic carbocycles. The third-order valence-corrected chi connectivity index (χ3v) is 6.62. The van der Waals surface area contributed by atoms with Gasteiger partial charge in [-0.1, -0.05) is 0 Å². The summed E-state index contributed by atoms with van der Waals surface area (Å²) in [6.45, 7) is 2.26. The van der Waals surface area contributed by atoms with Crippen LogP contribution < -0.4 is 9.13 Å². The van der Waals surface area contributed by atoms with Gasteiger partial charge in [-0.3, -0.25) is 0 Å². The zero-order valence-electron chi connectivity index (χ0n) is 15.3. The Kier molecular flexibility index (Phi) is 5.71. The van der Waals surface area contributed by atoms with Crippen LogP contribution in [0.25, 0.3) is 0 Å². The minimum absolute atomic E-state index is 1.13. The highest BCUT2D eigenvalue weighted by molar-refractivity contribution is 7.99. The molecule has 2 aliphatic rings. The summed E-state index contributed by atoms with van der Waals surface area (Å²) in [5, 5.41) is 0. The van der Waals surface area contributed by atoms with Crippen molar-refractivity contribution in [3.05, 3.63) is 59.2 Å². The van der Waals surface area contributed by atoms with E-state index in [0.29, 0.717) is 0 Å². The molecule has 0 saturated carbocycles. The van der Waals surface area contributed by atoms with Crippen LogP contribution in [-0.2, 0) is 38.8 Å². The first-order chi connectivity index (χ1) is 12.4. The molecule has 0 bridgehead atoms. The number of aromatic nitrogens is 2. The Balaban J connectivity index is 1.22. The van der Waals surface area contributed by atoms with Crippen molar-refractivity contribution >= 4 is 11.8 Å². The van der Waals surface area contributed by atoms with E-state index in [9.17, 15) is 0 Å². The lowest BCUT2D eigenvalue weighted by atomic mass is 9.93. The van der Waals surface area contributed by atoms with E-state index in [-0.39, 0.29) is 0 Å². The predicted molar refractivity (Wildman–Crippen MR) is 104 cm³/mol. The maximum Gasteiger partial charge on any atom is 0.172 e. The SMILES string of the molecule is c1c[n+](CCSCC[n+]2ccc3c(c2)CCCC3)cc2c1CCCC2. The molecule has 2 aromatic rings. The van der Waals surface area contributed by atoms with Gasteiger partial charge in [0.05, 0.1) is 11.5 Å². The Morgan fingerprint density at radius 3 is 1.56 bits per heavy atom. The first kappa shape index (κ1) is 17.1. The van der Waals surface area contributed by atoms with Gasteiger partial charge in [-0.05, 0) is 62.5 Å². The van der Waals surface area contributed by atoms with Crippen LogP contribution in [-0.4, -0.2) is 11.5 Å².